The van der Waals surface area contributed by atoms with Gasteiger partial charge in [0.25, 0.3) is 0 Å². The topological polar surface area (TPSA) is 96.3 Å². The number of carbonyl (C=O) groups excluding carboxylic acids is 1. The molecule has 1 aromatic rings. The third kappa shape index (κ3) is 4.33. The number of amides is 2. The highest BCUT2D eigenvalue weighted by atomic mass is 32.2. The second-order valence-electron chi connectivity index (χ2n) is 7.08. The Balaban J connectivity index is 1.60. The largest absolute Gasteiger partial charge is 0.323 e. The predicted molar refractivity (Wildman–Crippen MR) is 95.9 cm³/mol. The molecule has 8 nitrogen and oxygen atoms in total. The average molecular weight is 369 g/mol. The van der Waals surface area contributed by atoms with Crippen LogP contribution in [0.5, 0.6) is 0 Å². The zero-order valence-corrected chi connectivity index (χ0v) is 15.7. The fourth-order valence-electron chi connectivity index (χ4n) is 3.56. The molecule has 2 heterocycles. The number of nitrogens with one attached hydrogen (secondary N) is 2. The number of hydrogen-bond acceptors (Lipinski definition) is 4. The van der Waals surface area contributed by atoms with Crippen molar-refractivity contribution in [2.75, 3.05) is 18.4 Å². The fourth-order valence-corrected chi connectivity index (χ4v) is 5.30. The predicted octanol–water partition coefficient (Wildman–Crippen LogP) is 1.59. The number of aromatic nitrogens is 2. The van der Waals surface area contributed by atoms with Crippen LogP contribution in [0.3, 0.4) is 0 Å². The van der Waals surface area contributed by atoms with Gasteiger partial charge in [0.05, 0.1) is 5.25 Å². The van der Waals surface area contributed by atoms with E-state index in [0.29, 0.717) is 25.2 Å². The summed E-state index contributed by atoms with van der Waals surface area (Å²) in [6.45, 7) is 2.69. The minimum atomic E-state index is -3.40. The quantitative estimate of drug-likeness (QED) is 0.842. The molecule has 0 aromatic carbocycles. The van der Waals surface area contributed by atoms with Crippen molar-refractivity contribution >= 4 is 21.9 Å². The molecule has 0 spiro atoms. The van der Waals surface area contributed by atoms with Gasteiger partial charge in [-0.1, -0.05) is 12.8 Å². The van der Waals surface area contributed by atoms with Crippen LogP contribution >= 0.6 is 0 Å². The number of nitrogens with zero attached hydrogens (tertiary/aromatic N) is 3. The number of sulfonamides is 1. The Kier molecular flexibility index (Phi) is 5.33. The Labute approximate surface area is 149 Å². The lowest BCUT2D eigenvalue weighted by atomic mass is 10.1. The molecule has 2 aliphatic rings. The van der Waals surface area contributed by atoms with E-state index >= 15 is 0 Å². The molecule has 140 valence electrons. The Hall–Kier alpha value is -1.61. The van der Waals surface area contributed by atoms with Gasteiger partial charge in [0, 0.05) is 37.9 Å². The summed E-state index contributed by atoms with van der Waals surface area (Å²) in [6, 6.07) is 1.56. The van der Waals surface area contributed by atoms with Crippen molar-refractivity contribution in [2.24, 2.45) is 7.05 Å². The Morgan fingerprint density at radius 3 is 2.60 bits per heavy atom. The summed E-state index contributed by atoms with van der Waals surface area (Å²) in [4.78, 5) is 14.0. The van der Waals surface area contributed by atoms with E-state index < -0.39 is 15.3 Å². The van der Waals surface area contributed by atoms with E-state index in [4.69, 9.17) is 0 Å². The highest BCUT2D eigenvalue weighted by molar-refractivity contribution is 7.90. The number of anilines is 1. The molecular weight excluding hydrogens is 342 g/mol. The van der Waals surface area contributed by atoms with Crippen LogP contribution in [0.4, 0.5) is 10.6 Å². The van der Waals surface area contributed by atoms with Gasteiger partial charge in [0.2, 0.25) is 10.0 Å². The van der Waals surface area contributed by atoms with Gasteiger partial charge in [0.1, 0.15) is 0 Å². The lowest BCUT2D eigenvalue weighted by Gasteiger charge is -2.32. The molecule has 0 radical (unpaired) electrons. The average Bonchev–Trinajstić information content (AvgIpc) is 3.17. The van der Waals surface area contributed by atoms with Crippen molar-refractivity contribution in [2.45, 2.75) is 56.7 Å². The van der Waals surface area contributed by atoms with Crippen LogP contribution in [0.25, 0.3) is 0 Å². The Morgan fingerprint density at radius 1 is 1.24 bits per heavy atom. The monoisotopic (exact) mass is 369 g/mol. The number of hydrogen-bond donors (Lipinski definition) is 2. The summed E-state index contributed by atoms with van der Waals surface area (Å²) in [6.07, 6.45) is 5.26. The third-order valence-corrected chi connectivity index (χ3v) is 7.06. The van der Waals surface area contributed by atoms with E-state index in [2.05, 4.69) is 15.1 Å². The molecule has 25 heavy (non-hydrogen) atoms. The van der Waals surface area contributed by atoms with E-state index in [1.807, 2.05) is 14.0 Å². The third-order valence-electron chi connectivity index (χ3n) is 5.14. The molecule has 3 rings (SSSR count). The number of urea groups is 1. The van der Waals surface area contributed by atoms with Gasteiger partial charge < -0.3 is 4.90 Å². The van der Waals surface area contributed by atoms with Crippen molar-refractivity contribution in [1.29, 1.82) is 0 Å². The Bertz CT molecular complexity index is 705. The first-order chi connectivity index (χ1) is 11.8. The summed E-state index contributed by atoms with van der Waals surface area (Å²) >= 11 is 0. The summed E-state index contributed by atoms with van der Waals surface area (Å²) in [7, 11) is -1.59. The summed E-state index contributed by atoms with van der Waals surface area (Å²) < 4.78 is 29.8. The van der Waals surface area contributed by atoms with Gasteiger partial charge in [-0.25, -0.2) is 17.9 Å². The normalized spacial score (nSPS) is 22.3. The maximum atomic E-state index is 12.6. The zero-order chi connectivity index (χ0) is 18.0. The van der Waals surface area contributed by atoms with Crippen LogP contribution in [0.1, 0.15) is 44.2 Å². The summed E-state index contributed by atoms with van der Waals surface area (Å²) in [5.74, 6) is 0.485. The summed E-state index contributed by atoms with van der Waals surface area (Å²) in [5.41, 5.74) is 0.940. The maximum absolute atomic E-state index is 12.6. The molecule has 2 amide bonds. The van der Waals surface area contributed by atoms with Crippen LogP contribution in [0.2, 0.25) is 0 Å². The van der Waals surface area contributed by atoms with Crippen LogP contribution in [-0.2, 0) is 17.1 Å². The SMILES string of the molecule is Cc1cc(NC(=O)N2CCC[C@H](S(=O)(=O)NC3CCCC3)C2)nn1C. The minimum Gasteiger partial charge on any atom is -0.323 e. The second kappa shape index (κ2) is 7.33. The van der Waals surface area contributed by atoms with E-state index in [-0.39, 0.29) is 18.6 Å². The van der Waals surface area contributed by atoms with Gasteiger partial charge in [-0.15, -0.1) is 0 Å². The lowest BCUT2D eigenvalue weighted by Crippen LogP contribution is -2.50. The number of rotatable bonds is 4. The van der Waals surface area contributed by atoms with Gasteiger partial charge in [0.15, 0.2) is 5.82 Å². The van der Waals surface area contributed by atoms with Gasteiger partial charge in [-0.3, -0.25) is 10.00 Å². The molecule has 1 aliphatic heterocycles. The number of aryl methyl sites for hydroxylation is 2. The lowest BCUT2D eigenvalue weighted by molar-refractivity contribution is 0.200. The molecule has 2 fully saturated rings. The molecule has 1 aromatic heterocycles. The van der Waals surface area contributed by atoms with Crippen LogP contribution in [0.15, 0.2) is 6.07 Å². The van der Waals surface area contributed by atoms with Crippen LogP contribution in [-0.4, -0.2) is 53.5 Å². The Morgan fingerprint density at radius 2 is 1.96 bits per heavy atom. The molecule has 1 saturated carbocycles. The van der Waals surface area contributed by atoms with E-state index in [1.165, 1.54) is 0 Å². The standard InChI is InChI=1S/C16H27N5O3S/c1-12-10-15(18-20(12)2)17-16(22)21-9-5-8-14(11-21)25(23,24)19-13-6-3-4-7-13/h10,13-14,19H,3-9,11H2,1-2H3,(H,17,18,22)/t14-/m0/s1. The minimum absolute atomic E-state index is 0.0608. The first-order valence-corrected chi connectivity index (χ1v) is 10.5. The fraction of sp³-hybridized carbons (Fsp3) is 0.750. The molecule has 1 aliphatic carbocycles. The van der Waals surface area contributed by atoms with Gasteiger partial charge in [-0.2, -0.15) is 5.10 Å². The van der Waals surface area contributed by atoms with E-state index in [0.717, 1.165) is 31.4 Å². The van der Waals surface area contributed by atoms with Crippen molar-refractivity contribution < 1.29 is 13.2 Å². The highest BCUT2D eigenvalue weighted by Crippen LogP contribution is 2.22. The highest BCUT2D eigenvalue weighted by Gasteiger charge is 2.34. The number of piperidine rings is 1. The molecule has 1 saturated heterocycles. The van der Waals surface area contributed by atoms with Crippen molar-refractivity contribution in [1.82, 2.24) is 19.4 Å². The molecule has 1 atom stereocenters. The van der Waals surface area contributed by atoms with Crippen molar-refractivity contribution in [3.8, 4) is 0 Å². The smallest absolute Gasteiger partial charge is 0.323 e. The number of carbonyl (C=O) groups is 1. The van der Waals surface area contributed by atoms with Crippen LogP contribution in [0, 0.1) is 6.92 Å². The number of likely N-dealkylation sites (tertiary alicyclic amines) is 1. The molecule has 9 heteroatoms. The molecular formula is C16H27N5O3S. The van der Waals surface area contributed by atoms with Gasteiger partial charge >= 0.3 is 6.03 Å². The zero-order valence-electron chi connectivity index (χ0n) is 14.9. The van der Waals surface area contributed by atoms with Crippen molar-refractivity contribution in [3.63, 3.8) is 0 Å². The van der Waals surface area contributed by atoms with E-state index in [1.54, 1.807) is 15.6 Å². The molecule has 0 unspecified atom stereocenters. The molecule has 0 bridgehead atoms. The van der Waals surface area contributed by atoms with Gasteiger partial charge in [-0.05, 0) is 32.6 Å². The first-order valence-electron chi connectivity index (χ1n) is 8.93. The summed E-state index contributed by atoms with van der Waals surface area (Å²) in [5, 5.41) is 6.42. The first kappa shape index (κ1) is 18.2. The second-order valence-corrected chi connectivity index (χ2v) is 9.07. The van der Waals surface area contributed by atoms with Crippen LogP contribution < -0.4 is 10.0 Å². The van der Waals surface area contributed by atoms with E-state index in [9.17, 15) is 13.2 Å². The maximum Gasteiger partial charge on any atom is 0.323 e. The molecule has 2 N–H and O–H groups in total. The van der Waals surface area contributed by atoms with Crippen molar-refractivity contribution in [3.05, 3.63) is 11.8 Å².